The van der Waals surface area contributed by atoms with Gasteiger partial charge in [-0.1, -0.05) is 164 Å². The Morgan fingerprint density at radius 3 is 1.60 bits per heavy atom. The molecule has 0 amide bonds. The summed E-state index contributed by atoms with van der Waals surface area (Å²) in [7, 11) is 0. The highest BCUT2D eigenvalue weighted by Gasteiger charge is 2.21. The summed E-state index contributed by atoms with van der Waals surface area (Å²) in [6.07, 6.45) is 0. The normalized spacial score (nSPS) is 11.4. The molecule has 2 aromatic heterocycles. The summed E-state index contributed by atoms with van der Waals surface area (Å²) >= 11 is 0. The first-order valence-electron chi connectivity index (χ1n) is 17.8. The molecule has 0 aliphatic rings. The van der Waals surface area contributed by atoms with E-state index in [1.54, 1.807) is 0 Å². The minimum Gasteiger partial charge on any atom is -0.435 e. The van der Waals surface area contributed by atoms with Gasteiger partial charge in [-0.25, -0.2) is 15.0 Å². The summed E-state index contributed by atoms with van der Waals surface area (Å²) in [5.41, 5.74) is 11.7. The lowest BCUT2D eigenvalue weighted by molar-refractivity contribution is 0.621. The van der Waals surface area contributed by atoms with E-state index in [1.165, 1.54) is 10.8 Å². The first-order chi connectivity index (χ1) is 26.3. The Kier molecular flexibility index (Phi) is 7.43. The Morgan fingerprint density at radius 2 is 0.906 bits per heavy atom. The fourth-order valence-electron chi connectivity index (χ4n) is 7.33. The van der Waals surface area contributed by atoms with Crippen molar-refractivity contribution in [2.75, 3.05) is 0 Å². The molecule has 0 radical (unpaired) electrons. The Hall–Kier alpha value is -7.17. The second kappa shape index (κ2) is 12.9. The van der Waals surface area contributed by atoms with Crippen molar-refractivity contribution in [2.45, 2.75) is 0 Å². The van der Waals surface area contributed by atoms with E-state index < -0.39 is 0 Å². The number of hydrogen-bond acceptors (Lipinski definition) is 4. The maximum Gasteiger partial charge on any atom is 0.227 e. The van der Waals surface area contributed by atoms with Crippen LogP contribution in [0.1, 0.15) is 0 Å². The first kappa shape index (κ1) is 30.6. The molecule has 10 aromatic rings. The van der Waals surface area contributed by atoms with Crippen LogP contribution in [0.5, 0.6) is 0 Å². The molecule has 0 saturated heterocycles. The van der Waals surface area contributed by atoms with Gasteiger partial charge in [-0.2, -0.15) is 0 Å². The van der Waals surface area contributed by atoms with Gasteiger partial charge in [0.1, 0.15) is 5.52 Å². The second-order valence-corrected chi connectivity index (χ2v) is 13.2. The maximum atomic E-state index is 6.70. The van der Waals surface area contributed by atoms with Crippen LogP contribution in [0.3, 0.4) is 0 Å². The molecule has 0 N–H and O–H groups in total. The predicted molar refractivity (Wildman–Crippen MR) is 217 cm³/mol. The Morgan fingerprint density at radius 1 is 0.358 bits per heavy atom. The molecule has 10 rings (SSSR count). The molecule has 53 heavy (non-hydrogen) atoms. The van der Waals surface area contributed by atoms with Crippen LogP contribution in [0.25, 0.3) is 100 Å². The average Bonchev–Trinajstić information content (AvgIpc) is 3.70. The zero-order chi connectivity index (χ0) is 35.1. The molecule has 0 saturated carbocycles. The van der Waals surface area contributed by atoms with Crippen LogP contribution in [0, 0.1) is 0 Å². The molecular formula is C49H31N3O. The minimum absolute atomic E-state index is 0.611. The second-order valence-electron chi connectivity index (χ2n) is 13.2. The van der Waals surface area contributed by atoms with Gasteiger partial charge in [0.2, 0.25) is 5.89 Å². The summed E-state index contributed by atoms with van der Waals surface area (Å²) in [5.74, 6) is 1.31. The van der Waals surface area contributed by atoms with Crippen LogP contribution >= 0.6 is 0 Å². The van der Waals surface area contributed by atoms with E-state index in [1.807, 2.05) is 66.7 Å². The van der Waals surface area contributed by atoms with Crippen LogP contribution in [0.4, 0.5) is 0 Å². The highest BCUT2D eigenvalue weighted by molar-refractivity contribution is 6.14. The minimum atomic E-state index is 0.611. The molecule has 0 unspecified atom stereocenters. The standard InChI is InChI=1S/C49H31N3O/c1-4-15-33(16-5-1)43-31-44(51-48(50-43)36-17-6-2-7-18-36)34-24-26-35(27-25-34)45-39-22-12-10-14-32(39)28-29-41(45)42-30-38-21-11-13-23-40(38)46-47(42)53-49(52-46)37-19-8-3-9-20-37/h1-31H. The van der Waals surface area contributed by atoms with Crippen molar-refractivity contribution < 1.29 is 4.42 Å². The van der Waals surface area contributed by atoms with Gasteiger partial charge in [0.15, 0.2) is 11.4 Å². The largest absolute Gasteiger partial charge is 0.435 e. The average molecular weight is 678 g/mol. The first-order valence-corrected chi connectivity index (χ1v) is 17.8. The van der Waals surface area contributed by atoms with E-state index in [0.29, 0.717) is 11.7 Å². The number of benzene rings is 8. The van der Waals surface area contributed by atoms with Gasteiger partial charge in [-0.15, -0.1) is 0 Å². The molecular weight excluding hydrogens is 647 g/mol. The number of rotatable bonds is 6. The molecule has 0 aliphatic heterocycles. The number of fused-ring (bicyclic) bond motifs is 4. The van der Waals surface area contributed by atoms with Crippen LogP contribution in [-0.2, 0) is 0 Å². The van der Waals surface area contributed by atoms with E-state index in [-0.39, 0.29) is 0 Å². The van der Waals surface area contributed by atoms with Crippen molar-refractivity contribution in [1.82, 2.24) is 15.0 Å². The van der Waals surface area contributed by atoms with E-state index in [2.05, 4.69) is 121 Å². The van der Waals surface area contributed by atoms with Gasteiger partial charge in [0, 0.05) is 33.2 Å². The SMILES string of the molecule is c1ccc(-c2cc(-c3ccc(-c4c(-c5cc6ccccc6c6nc(-c7ccccc7)oc56)ccc5ccccc45)cc3)nc(-c3ccccc3)n2)cc1. The van der Waals surface area contributed by atoms with Crippen molar-refractivity contribution in [3.8, 4) is 67.6 Å². The lowest BCUT2D eigenvalue weighted by atomic mass is 9.88. The Bertz CT molecular complexity index is 2860. The number of aromatic nitrogens is 3. The fourth-order valence-corrected chi connectivity index (χ4v) is 7.33. The monoisotopic (exact) mass is 677 g/mol. The van der Waals surface area contributed by atoms with Gasteiger partial charge in [-0.3, -0.25) is 0 Å². The number of hydrogen-bond donors (Lipinski definition) is 0. The third kappa shape index (κ3) is 5.54. The Balaban J connectivity index is 1.16. The predicted octanol–water partition coefficient (Wildman–Crippen LogP) is 12.9. The van der Waals surface area contributed by atoms with Crippen molar-refractivity contribution in [1.29, 1.82) is 0 Å². The van der Waals surface area contributed by atoms with Crippen molar-refractivity contribution in [3.05, 3.63) is 188 Å². The van der Waals surface area contributed by atoms with Gasteiger partial charge in [0.05, 0.1) is 11.4 Å². The molecule has 0 spiro atoms. The van der Waals surface area contributed by atoms with Crippen LogP contribution in [0.15, 0.2) is 192 Å². The fraction of sp³-hybridized carbons (Fsp3) is 0. The third-order valence-electron chi connectivity index (χ3n) is 9.92. The van der Waals surface area contributed by atoms with Crippen molar-refractivity contribution >= 4 is 32.6 Å². The molecule has 4 heteroatoms. The van der Waals surface area contributed by atoms with Crippen LogP contribution in [-0.4, -0.2) is 15.0 Å². The van der Waals surface area contributed by atoms with E-state index in [9.17, 15) is 0 Å². The number of oxazole rings is 1. The molecule has 0 fully saturated rings. The molecule has 0 atom stereocenters. The zero-order valence-corrected chi connectivity index (χ0v) is 28.6. The van der Waals surface area contributed by atoms with E-state index in [0.717, 1.165) is 77.8 Å². The smallest absolute Gasteiger partial charge is 0.227 e. The molecule has 2 heterocycles. The van der Waals surface area contributed by atoms with Gasteiger partial charge in [-0.05, 0) is 57.1 Å². The van der Waals surface area contributed by atoms with E-state index >= 15 is 0 Å². The van der Waals surface area contributed by atoms with Gasteiger partial charge < -0.3 is 4.42 Å². The highest BCUT2D eigenvalue weighted by Crippen LogP contribution is 2.44. The number of nitrogens with zero attached hydrogens (tertiary/aromatic N) is 3. The lowest BCUT2D eigenvalue weighted by Gasteiger charge is -2.16. The van der Waals surface area contributed by atoms with Crippen molar-refractivity contribution in [2.24, 2.45) is 0 Å². The molecule has 4 nitrogen and oxygen atoms in total. The van der Waals surface area contributed by atoms with E-state index in [4.69, 9.17) is 19.4 Å². The molecule has 0 aliphatic carbocycles. The highest BCUT2D eigenvalue weighted by atomic mass is 16.3. The quantitative estimate of drug-likeness (QED) is 0.176. The van der Waals surface area contributed by atoms with Gasteiger partial charge in [0.25, 0.3) is 0 Å². The summed E-state index contributed by atoms with van der Waals surface area (Å²) < 4.78 is 6.70. The summed E-state index contributed by atoms with van der Waals surface area (Å²) in [6.45, 7) is 0. The van der Waals surface area contributed by atoms with Crippen molar-refractivity contribution in [3.63, 3.8) is 0 Å². The lowest BCUT2D eigenvalue weighted by Crippen LogP contribution is -1.96. The van der Waals surface area contributed by atoms with Crippen LogP contribution < -0.4 is 0 Å². The molecule has 248 valence electrons. The van der Waals surface area contributed by atoms with Crippen LogP contribution in [0.2, 0.25) is 0 Å². The molecule has 0 bridgehead atoms. The summed E-state index contributed by atoms with van der Waals surface area (Å²) in [5, 5.41) is 4.52. The summed E-state index contributed by atoms with van der Waals surface area (Å²) in [6, 6.07) is 65.1. The summed E-state index contributed by atoms with van der Waals surface area (Å²) in [4.78, 5) is 15.1. The molecule has 8 aromatic carbocycles. The Labute approximate surface area is 306 Å². The maximum absolute atomic E-state index is 6.70. The third-order valence-corrected chi connectivity index (χ3v) is 9.92. The van der Waals surface area contributed by atoms with Gasteiger partial charge >= 0.3 is 0 Å². The topological polar surface area (TPSA) is 51.8 Å². The zero-order valence-electron chi connectivity index (χ0n) is 28.6.